The first kappa shape index (κ1) is 20.5. The number of carbonyl (C=O) groups is 1. The van der Waals surface area contributed by atoms with Gasteiger partial charge in [0.1, 0.15) is 5.69 Å². The Kier molecular flexibility index (Phi) is 6.11. The molecule has 1 fully saturated rings. The molecule has 0 bridgehead atoms. The molecule has 2 aromatic carbocycles. The molecule has 1 aromatic heterocycles. The molecule has 1 aliphatic rings. The van der Waals surface area contributed by atoms with Crippen molar-refractivity contribution in [3.8, 4) is 5.69 Å². The minimum atomic E-state index is -0.305. The molecule has 3 aromatic rings. The zero-order chi connectivity index (χ0) is 21.0. The molecule has 0 atom stereocenters. The second-order valence-electron chi connectivity index (χ2n) is 7.39. The molecule has 2 heterocycles. The van der Waals surface area contributed by atoms with Gasteiger partial charge in [0.15, 0.2) is 0 Å². The van der Waals surface area contributed by atoms with Crippen LogP contribution in [-0.2, 0) is 10.2 Å². The second kappa shape index (κ2) is 8.93. The molecule has 6 nitrogen and oxygen atoms in total. The summed E-state index contributed by atoms with van der Waals surface area (Å²) in [5.74, 6) is -0.305. The van der Waals surface area contributed by atoms with E-state index in [0.717, 1.165) is 17.3 Å². The zero-order valence-corrected chi connectivity index (χ0v) is 18.0. The van der Waals surface area contributed by atoms with Crippen molar-refractivity contribution in [1.29, 1.82) is 0 Å². The van der Waals surface area contributed by atoms with Crippen molar-refractivity contribution in [3.05, 3.63) is 92.8 Å². The van der Waals surface area contributed by atoms with Crippen molar-refractivity contribution in [2.24, 2.45) is 0 Å². The van der Waals surface area contributed by atoms with E-state index in [-0.39, 0.29) is 22.6 Å². The van der Waals surface area contributed by atoms with Crippen LogP contribution >= 0.6 is 15.9 Å². The predicted molar refractivity (Wildman–Crippen MR) is 118 cm³/mol. The van der Waals surface area contributed by atoms with E-state index in [0.29, 0.717) is 25.4 Å². The van der Waals surface area contributed by atoms with E-state index in [1.807, 2.05) is 30.3 Å². The van der Waals surface area contributed by atoms with E-state index in [4.69, 9.17) is 4.74 Å². The first-order valence-corrected chi connectivity index (χ1v) is 10.6. The first-order chi connectivity index (χ1) is 14.6. The number of aromatic nitrogens is 2. The lowest BCUT2D eigenvalue weighted by Crippen LogP contribution is -2.45. The third-order valence-corrected chi connectivity index (χ3v) is 6.00. The fraction of sp³-hybridized carbons (Fsp3) is 0.261. The van der Waals surface area contributed by atoms with Crippen LogP contribution in [0.15, 0.2) is 76.0 Å². The lowest BCUT2D eigenvalue weighted by molar-refractivity contribution is 0.0486. The van der Waals surface area contributed by atoms with Gasteiger partial charge in [0.05, 0.1) is 5.69 Å². The van der Waals surface area contributed by atoms with Crippen LogP contribution < -0.4 is 10.9 Å². The van der Waals surface area contributed by atoms with E-state index < -0.39 is 0 Å². The van der Waals surface area contributed by atoms with Crippen molar-refractivity contribution in [2.75, 3.05) is 19.8 Å². The minimum Gasteiger partial charge on any atom is -0.381 e. The van der Waals surface area contributed by atoms with Crippen LogP contribution in [0, 0.1) is 0 Å². The molecular formula is C23H22BrN3O3. The van der Waals surface area contributed by atoms with Crippen molar-refractivity contribution >= 4 is 21.8 Å². The van der Waals surface area contributed by atoms with Gasteiger partial charge in [-0.15, -0.1) is 0 Å². The average molecular weight is 468 g/mol. The summed E-state index contributed by atoms with van der Waals surface area (Å²) < 4.78 is 7.82. The van der Waals surface area contributed by atoms with Crippen molar-refractivity contribution < 1.29 is 9.53 Å². The van der Waals surface area contributed by atoms with Gasteiger partial charge in [-0.25, -0.2) is 0 Å². The summed E-state index contributed by atoms with van der Waals surface area (Å²) in [6, 6.07) is 20.1. The zero-order valence-electron chi connectivity index (χ0n) is 16.4. The highest BCUT2D eigenvalue weighted by molar-refractivity contribution is 9.10. The Morgan fingerprint density at radius 1 is 1.07 bits per heavy atom. The summed E-state index contributed by atoms with van der Waals surface area (Å²) in [7, 11) is 0. The molecule has 154 valence electrons. The maximum Gasteiger partial charge on any atom is 0.271 e. The van der Waals surface area contributed by atoms with Gasteiger partial charge in [0.25, 0.3) is 11.5 Å². The van der Waals surface area contributed by atoms with Crippen LogP contribution in [0.5, 0.6) is 0 Å². The topological polar surface area (TPSA) is 73.2 Å². The number of nitrogens with zero attached hydrogens (tertiary/aromatic N) is 2. The van der Waals surface area contributed by atoms with Crippen LogP contribution in [0.2, 0.25) is 0 Å². The number of carbonyl (C=O) groups excluding carboxylic acids is 1. The molecular weight excluding hydrogens is 446 g/mol. The Morgan fingerprint density at radius 2 is 1.83 bits per heavy atom. The Hall–Kier alpha value is -2.77. The van der Waals surface area contributed by atoms with E-state index >= 15 is 0 Å². The molecule has 1 saturated heterocycles. The fourth-order valence-corrected chi connectivity index (χ4v) is 4.17. The molecule has 0 radical (unpaired) electrons. The number of hydrogen-bond acceptors (Lipinski definition) is 4. The Balaban J connectivity index is 1.57. The number of benzene rings is 2. The summed E-state index contributed by atoms with van der Waals surface area (Å²) in [5, 5.41) is 7.31. The standard InChI is InChI=1S/C23H22BrN3O3/c24-18-6-4-5-17(15-18)23(11-13-30-14-12-23)16-25-22(29)20-9-10-21(28)27(26-20)19-7-2-1-3-8-19/h1-10,15H,11-14,16H2,(H,25,29). The Morgan fingerprint density at radius 3 is 2.57 bits per heavy atom. The smallest absolute Gasteiger partial charge is 0.271 e. The Bertz CT molecular complexity index is 1090. The van der Waals surface area contributed by atoms with E-state index in [1.165, 1.54) is 22.4 Å². The summed E-state index contributed by atoms with van der Waals surface area (Å²) in [6.45, 7) is 1.77. The number of amides is 1. The third-order valence-electron chi connectivity index (χ3n) is 5.51. The molecule has 1 amide bonds. The van der Waals surface area contributed by atoms with Gasteiger partial charge in [-0.1, -0.05) is 46.3 Å². The summed E-state index contributed by atoms with van der Waals surface area (Å²) >= 11 is 3.55. The lowest BCUT2D eigenvalue weighted by atomic mass is 9.74. The fourth-order valence-electron chi connectivity index (χ4n) is 3.77. The van der Waals surface area contributed by atoms with Crippen molar-refractivity contribution in [2.45, 2.75) is 18.3 Å². The number of ether oxygens (including phenoxy) is 1. The molecule has 7 heteroatoms. The number of para-hydroxylation sites is 1. The average Bonchev–Trinajstić information content (AvgIpc) is 2.79. The molecule has 0 saturated carbocycles. The van der Waals surface area contributed by atoms with Crippen molar-refractivity contribution in [3.63, 3.8) is 0 Å². The van der Waals surface area contributed by atoms with Crippen LogP contribution in [-0.4, -0.2) is 35.4 Å². The third kappa shape index (κ3) is 4.37. The number of hydrogen-bond donors (Lipinski definition) is 1. The number of halogens is 1. The van der Waals surface area contributed by atoms with Gasteiger partial charge in [-0.3, -0.25) is 9.59 Å². The van der Waals surface area contributed by atoms with Gasteiger partial charge in [0.2, 0.25) is 0 Å². The van der Waals surface area contributed by atoms with E-state index in [1.54, 1.807) is 12.1 Å². The van der Waals surface area contributed by atoms with Gasteiger partial charge in [-0.05, 0) is 48.7 Å². The molecule has 0 unspecified atom stereocenters. The molecule has 4 rings (SSSR count). The predicted octanol–water partition coefficient (Wildman–Crippen LogP) is 3.47. The summed E-state index contributed by atoms with van der Waals surface area (Å²) in [6.07, 6.45) is 1.64. The first-order valence-electron chi connectivity index (χ1n) is 9.85. The summed E-state index contributed by atoms with van der Waals surface area (Å²) in [5.41, 5.74) is 1.50. The molecule has 1 aliphatic heterocycles. The van der Waals surface area contributed by atoms with Crippen LogP contribution in [0.3, 0.4) is 0 Å². The van der Waals surface area contributed by atoms with Crippen LogP contribution in [0.1, 0.15) is 28.9 Å². The molecule has 30 heavy (non-hydrogen) atoms. The van der Waals surface area contributed by atoms with Gasteiger partial charge >= 0.3 is 0 Å². The largest absolute Gasteiger partial charge is 0.381 e. The Labute approximate surface area is 183 Å². The summed E-state index contributed by atoms with van der Waals surface area (Å²) in [4.78, 5) is 25.1. The molecule has 0 spiro atoms. The van der Waals surface area contributed by atoms with Crippen molar-refractivity contribution in [1.82, 2.24) is 15.1 Å². The second-order valence-corrected chi connectivity index (χ2v) is 8.31. The normalized spacial score (nSPS) is 15.5. The van der Waals surface area contributed by atoms with Crippen LogP contribution in [0.4, 0.5) is 0 Å². The minimum absolute atomic E-state index is 0.203. The maximum absolute atomic E-state index is 12.9. The lowest BCUT2D eigenvalue weighted by Gasteiger charge is -2.38. The monoisotopic (exact) mass is 467 g/mol. The van der Waals surface area contributed by atoms with Gasteiger partial charge in [-0.2, -0.15) is 9.78 Å². The van der Waals surface area contributed by atoms with E-state index in [9.17, 15) is 9.59 Å². The highest BCUT2D eigenvalue weighted by atomic mass is 79.9. The maximum atomic E-state index is 12.9. The van der Waals surface area contributed by atoms with Crippen LogP contribution in [0.25, 0.3) is 5.69 Å². The highest BCUT2D eigenvalue weighted by Crippen LogP contribution is 2.35. The van der Waals surface area contributed by atoms with Gasteiger partial charge in [0, 0.05) is 35.7 Å². The SMILES string of the molecule is O=C(NCC1(c2cccc(Br)c2)CCOCC1)c1ccc(=O)n(-c2ccccc2)n1. The molecule has 1 N–H and O–H groups in total. The van der Waals surface area contributed by atoms with Gasteiger partial charge < -0.3 is 10.1 Å². The quantitative estimate of drug-likeness (QED) is 0.623. The highest BCUT2D eigenvalue weighted by Gasteiger charge is 2.35. The van der Waals surface area contributed by atoms with E-state index in [2.05, 4.69) is 38.5 Å². The molecule has 0 aliphatic carbocycles. The number of rotatable bonds is 5. The number of nitrogens with one attached hydrogen (secondary N) is 1.